The molecule has 106 valence electrons. The van der Waals surface area contributed by atoms with Gasteiger partial charge in [0.2, 0.25) is 5.90 Å². The summed E-state index contributed by atoms with van der Waals surface area (Å²) < 4.78 is 5.75. The second-order valence-electron chi connectivity index (χ2n) is 5.81. The molecule has 0 spiro atoms. The number of aldehydes is 1. The number of rotatable bonds is 3. The summed E-state index contributed by atoms with van der Waals surface area (Å²) in [4.78, 5) is 15.6. The minimum absolute atomic E-state index is 0.187. The Morgan fingerprint density at radius 1 is 1.10 bits per heavy atom. The zero-order valence-corrected chi connectivity index (χ0v) is 12.2. The summed E-state index contributed by atoms with van der Waals surface area (Å²) in [5, 5.41) is 0. The van der Waals surface area contributed by atoms with E-state index in [1.54, 1.807) is 6.07 Å². The van der Waals surface area contributed by atoms with E-state index in [9.17, 15) is 4.79 Å². The molecule has 21 heavy (non-hydrogen) atoms. The van der Waals surface area contributed by atoms with Crippen LogP contribution in [0.1, 0.15) is 29.8 Å². The van der Waals surface area contributed by atoms with E-state index in [0.717, 1.165) is 23.0 Å². The second-order valence-corrected chi connectivity index (χ2v) is 5.81. The van der Waals surface area contributed by atoms with E-state index in [-0.39, 0.29) is 5.54 Å². The predicted octanol–water partition coefficient (Wildman–Crippen LogP) is 3.72. The van der Waals surface area contributed by atoms with Crippen LogP contribution in [0.5, 0.6) is 0 Å². The summed E-state index contributed by atoms with van der Waals surface area (Å²) in [6, 6.07) is 15.5. The summed E-state index contributed by atoms with van der Waals surface area (Å²) in [6.45, 7) is 4.69. The first-order valence-corrected chi connectivity index (χ1v) is 6.97. The molecule has 1 aliphatic heterocycles. The Balaban J connectivity index is 2.10. The smallest absolute Gasteiger partial charge is 0.217 e. The maximum atomic E-state index is 11.0. The van der Waals surface area contributed by atoms with Gasteiger partial charge in [0.25, 0.3) is 0 Å². The third-order valence-corrected chi connectivity index (χ3v) is 3.46. The fourth-order valence-electron chi connectivity index (χ4n) is 2.42. The Hall–Kier alpha value is -2.42. The maximum absolute atomic E-state index is 11.0. The molecule has 0 amide bonds. The van der Waals surface area contributed by atoms with Gasteiger partial charge < -0.3 is 4.74 Å². The van der Waals surface area contributed by atoms with Crippen molar-refractivity contribution in [1.82, 2.24) is 0 Å². The van der Waals surface area contributed by atoms with Gasteiger partial charge in [0, 0.05) is 11.1 Å². The van der Waals surface area contributed by atoms with Crippen molar-refractivity contribution >= 4 is 12.2 Å². The molecule has 0 N–H and O–H groups in total. The van der Waals surface area contributed by atoms with Gasteiger partial charge in [0.1, 0.15) is 12.9 Å². The highest BCUT2D eigenvalue weighted by molar-refractivity contribution is 6.02. The van der Waals surface area contributed by atoms with Crippen molar-refractivity contribution in [2.75, 3.05) is 6.61 Å². The van der Waals surface area contributed by atoms with E-state index >= 15 is 0 Å². The van der Waals surface area contributed by atoms with E-state index in [1.165, 1.54) is 0 Å². The Morgan fingerprint density at radius 2 is 1.86 bits per heavy atom. The van der Waals surface area contributed by atoms with Crippen LogP contribution in [0.4, 0.5) is 0 Å². The zero-order valence-electron chi connectivity index (χ0n) is 12.2. The fourth-order valence-corrected chi connectivity index (χ4v) is 2.42. The molecular formula is C18H17NO2. The number of nitrogens with zero attached hydrogens (tertiary/aromatic N) is 1. The highest BCUT2D eigenvalue weighted by Gasteiger charge is 2.28. The van der Waals surface area contributed by atoms with Gasteiger partial charge in [0.15, 0.2) is 0 Å². The molecule has 0 atom stereocenters. The van der Waals surface area contributed by atoms with Crippen LogP contribution in [0.15, 0.2) is 53.5 Å². The van der Waals surface area contributed by atoms with Crippen LogP contribution in [0.25, 0.3) is 11.1 Å². The molecule has 0 saturated heterocycles. The summed E-state index contributed by atoms with van der Waals surface area (Å²) in [5.74, 6) is 0.673. The first-order chi connectivity index (χ1) is 10.1. The molecule has 0 aliphatic carbocycles. The van der Waals surface area contributed by atoms with Crippen LogP contribution < -0.4 is 0 Å². The topological polar surface area (TPSA) is 38.7 Å². The van der Waals surface area contributed by atoms with Gasteiger partial charge >= 0.3 is 0 Å². The minimum atomic E-state index is -0.187. The summed E-state index contributed by atoms with van der Waals surface area (Å²) in [6.07, 6.45) is 0.860. The molecule has 1 aliphatic rings. The van der Waals surface area contributed by atoms with E-state index < -0.39 is 0 Å². The average Bonchev–Trinajstić information content (AvgIpc) is 2.87. The van der Waals surface area contributed by atoms with Gasteiger partial charge in [-0.1, -0.05) is 36.4 Å². The van der Waals surface area contributed by atoms with Crippen LogP contribution in [0.3, 0.4) is 0 Å². The summed E-state index contributed by atoms with van der Waals surface area (Å²) >= 11 is 0. The third kappa shape index (κ3) is 2.72. The summed E-state index contributed by atoms with van der Waals surface area (Å²) in [5.41, 5.74) is 3.46. The van der Waals surface area contributed by atoms with Crippen LogP contribution in [-0.2, 0) is 4.74 Å². The Bertz CT molecular complexity index is 717. The van der Waals surface area contributed by atoms with Gasteiger partial charge in [-0.25, -0.2) is 4.99 Å². The van der Waals surface area contributed by atoms with Gasteiger partial charge in [-0.3, -0.25) is 4.79 Å². The average molecular weight is 279 g/mol. The van der Waals surface area contributed by atoms with Crippen molar-refractivity contribution in [3.63, 3.8) is 0 Å². The molecule has 2 aromatic rings. The molecule has 0 bridgehead atoms. The number of carbonyl (C=O) groups excluding carboxylic acids is 1. The van der Waals surface area contributed by atoms with Crippen LogP contribution in [0.2, 0.25) is 0 Å². The molecule has 3 rings (SSSR count). The van der Waals surface area contributed by atoms with E-state index in [0.29, 0.717) is 18.1 Å². The first kappa shape index (κ1) is 13.6. The first-order valence-electron chi connectivity index (χ1n) is 6.97. The molecule has 0 aromatic heterocycles. The molecule has 0 saturated carbocycles. The van der Waals surface area contributed by atoms with Crippen LogP contribution >= 0.6 is 0 Å². The van der Waals surface area contributed by atoms with E-state index in [4.69, 9.17) is 4.74 Å². The van der Waals surface area contributed by atoms with Crippen molar-refractivity contribution in [3.05, 3.63) is 59.7 Å². The Kier molecular flexibility index (Phi) is 3.34. The highest BCUT2D eigenvalue weighted by Crippen LogP contribution is 2.28. The van der Waals surface area contributed by atoms with Gasteiger partial charge in [-0.2, -0.15) is 0 Å². The molecule has 0 fully saturated rings. The maximum Gasteiger partial charge on any atom is 0.217 e. The van der Waals surface area contributed by atoms with Gasteiger partial charge in [-0.15, -0.1) is 0 Å². The second kappa shape index (κ2) is 5.17. The number of carbonyl (C=O) groups is 1. The van der Waals surface area contributed by atoms with Gasteiger partial charge in [-0.05, 0) is 37.1 Å². The Labute approximate surface area is 124 Å². The van der Waals surface area contributed by atoms with Crippen LogP contribution in [0, 0.1) is 0 Å². The normalized spacial score (nSPS) is 16.2. The van der Waals surface area contributed by atoms with Crippen molar-refractivity contribution in [2.45, 2.75) is 19.4 Å². The highest BCUT2D eigenvalue weighted by atomic mass is 16.5. The number of ether oxygens (including phenoxy) is 1. The number of benzene rings is 2. The minimum Gasteiger partial charge on any atom is -0.475 e. The lowest BCUT2D eigenvalue weighted by Crippen LogP contribution is -2.17. The predicted molar refractivity (Wildman–Crippen MR) is 83.8 cm³/mol. The molecule has 3 nitrogen and oxygen atoms in total. The largest absolute Gasteiger partial charge is 0.475 e. The van der Waals surface area contributed by atoms with Crippen molar-refractivity contribution in [1.29, 1.82) is 0 Å². The van der Waals surface area contributed by atoms with Gasteiger partial charge in [0.05, 0.1) is 5.54 Å². The Morgan fingerprint density at radius 3 is 2.52 bits per heavy atom. The SMILES string of the molecule is CC1(C)COC(c2ccccc2-c2cccc(C=O)c2)=N1. The number of hydrogen-bond acceptors (Lipinski definition) is 3. The van der Waals surface area contributed by atoms with E-state index in [2.05, 4.69) is 18.8 Å². The molecule has 0 radical (unpaired) electrons. The lowest BCUT2D eigenvalue weighted by molar-refractivity contribution is 0.112. The standard InChI is InChI=1S/C18H17NO2/c1-18(2)12-21-17(19-18)16-9-4-3-8-15(16)14-7-5-6-13(10-14)11-20/h3-11H,12H2,1-2H3. The van der Waals surface area contributed by atoms with Crippen molar-refractivity contribution < 1.29 is 9.53 Å². The lowest BCUT2D eigenvalue weighted by atomic mass is 9.98. The van der Waals surface area contributed by atoms with E-state index in [1.807, 2.05) is 42.5 Å². The molecule has 1 heterocycles. The number of aliphatic imine (C=N–C) groups is 1. The zero-order chi connectivity index (χ0) is 14.9. The summed E-state index contributed by atoms with van der Waals surface area (Å²) in [7, 11) is 0. The van der Waals surface area contributed by atoms with Crippen LogP contribution in [-0.4, -0.2) is 24.3 Å². The molecule has 0 unspecified atom stereocenters. The molecule has 2 aromatic carbocycles. The van der Waals surface area contributed by atoms with Crippen molar-refractivity contribution in [2.24, 2.45) is 4.99 Å². The molecule has 3 heteroatoms. The number of hydrogen-bond donors (Lipinski definition) is 0. The molecular weight excluding hydrogens is 262 g/mol. The fraction of sp³-hybridized carbons (Fsp3) is 0.222. The third-order valence-electron chi connectivity index (χ3n) is 3.46. The lowest BCUT2D eigenvalue weighted by Gasteiger charge is -2.09. The quantitative estimate of drug-likeness (QED) is 0.803. The monoisotopic (exact) mass is 279 g/mol. The van der Waals surface area contributed by atoms with Crippen molar-refractivity contribution in [3.8, 4) is 11.1 Å².